The molecule has 2 rings (SSSR count). The van der Waals surface area contributed by atoms with Gasteiger partial charge in [0.2, 0.25) is 15.9 Å². The van der Waals surface area contributed by atoms with Crippen LogP contribution in [0.2, 0.25) is 0 Å². The summed E-state index contributed by atoms with van der Waals surface area (Å²) in [6, 6.07) is 13.9. The van der Waals surface area contributed by atoms with Crippen molar-refractivity contribution in [2.24, 2.45) is 0 Å². The number of nitrogens with one attached hydrogen (secondary N) is 1. The van der Waals surface area contributed by atoms with E-state index in [0.717, 1.165) is 29.5 Å². The number of amides is 1. The molecule has 0 saturated carbocycles. The molecule has 0 aliphatic carbocycles. The van der Waals surface area contributed by atoms with Gasteiger partial charge in [0.25, 0.3) is 0 Å². The second-order valence-corrected chi connectivity index (χ2v) is 8.18. The second kappa shape index (κ2) is 8.36. The van der Waals surface area contributed by atoms with E-state index in [-0.39, 0.29) is 5.91 Å². The number of hydrogen-bond donors (Lipinski definition) is 1. The van der Waals surface area contributed by atoms with Crippen LogP contribution in [-0.4, -0.2) is 26.6 Å². The highest BCUT2D eigenvalue weighted by atomic mass is 32.2. The van der Waals surface area contributed by atoms with Crippen LogP contribution in [0.15, 0.2) is 48.5 Å². The van der Waals surface area contributed by atoms with Gasteiger partial charge in [-0.3, -0.25) is 9.10 Å². The largest absolute Gasteiger partial charge is 0.324 e. The molecule has 0 saturated heterocycles. The minimum atomic E-state index is -3.63. The van der Waals surface area contributed by atoms with Crippen LogP contribution in [0.1, 0.15) is 31.4 Å². The molecule has 1 amide bonds. The lowest BCUT2D eigenvalue weighted by Crippen LogP contribution is -2.47. The van der Waals surface area contributed by atoms with Crippen molar-refractivity contribution < 1.29 is 13.2 Å². The standard InChI is InChI=1S/C20H26N2O3S/c1-5-16-11-7-8-13-18(16)21-20(23)19(6-2)22(26(4,24)25)17-12-9-10-15(3)14-17/h7-14,19H,5-6H2,1-4H3,(H,21,23)/t19-/m0/s1. The summed E-state index contributed by atoms with van der Waals surface area (Å²) in [7, 11) is -3.63. The molecule has 0 aromatic heterocycles. The maximum absolute atomic E-state index is 12.9. The van der Waals surface area contributed by atoms with E-state index in [1.54, 1.807) is 18.2 Å². The maximum Gasteiger partial charge on any atom is 0.248 e. The van der Waals surface area contributed by atoms with Crippen molar-refractivity contribution in [1.82, 2.24) is 0 Å². The predicted octanol–water partition coefficient (Wildman–Crippen LogP) is 3.74. The van der Waals surface area contributed by atoms with E-state index in [1.165, 1.54) is 4.31 Å². The van der Waals surface area contributed by atoms with Gasteiger partial charge in [-0.25, -0.2) is 8.42 Å². The zero-order valence-corrected chi connectivity index (χ0v) is 16.5. The van der Waals surface area contributed by atoms with E-state index >= 15 is 0 Å². The zero-order valence-electron chi connectivity index (χ0n) is 15.7. The molecular formula is C20H26N2O3S. The summed E-state index contributed by atoms with van der Waals surface area (Å²) in [5, 5.41) is 2.90. The van der Waals surface area contributed by atoms with Crippen molar-refractivity contribution in [2.75, 3.05) is 15.9 Å². The van der Waals surface area contributed by atoms with Crippen molar-refractivity contribution in [2.45, 2.75) is 39.7 Å². The number of carbonyl (C=O) groups is 1. The fourth-order valence-corrected chi connectivity index (χ4v) is 4.20. The Kier molecular flexibility index (Phi) is 6.42. The molecule has 1 N–H and O–H groups in total. The average molecular weight is 375 g/mol. The van der Waals surface area contributed by atoms with Crippen molar-refractivity contribution in [3.8, 4) is 0 Å². The molecule has 1 atom stereocenters. The number of para-hydroxylation sites is 1. The normalized spacial score (nSPS) is 12.5. The van der Waals surface area contributed by atoms with Gasteiger partial charge in [-0.15, -0.1) is 0 Å². The van der Waals surface area contributed by atoms with Crippen LogP contribution in [0, 0.1) is 6.92 Å². The van der Waals surface area contributed by atoms with Crippen molar-refractivity contribution >= 4 is 27.3 Å². The molecule has 26 heavy (non-hydrogen) atoms. The third-order valence-corrected chi connectivity index (χ3v) is 5.42. The zero-order chi connectivity index (χ0) is 19.3. The Labute approximate surface area is 156 Å². The maximum atomic E-state index is 12.9. The fraction of sp³-hybridized carbons (Fsp3) is 0.350. The number of carbonyl (C=O) groups excluding carboxylic acids is 1. The molecule has 0 aliphatic heterocycles. The Morgan fingerprint density at radius 3 is 2.38 bits per heavy atom. The highest BCUT2D eigenvalue weighted by molar-refractivity contribution is 7.92. The van der Waals surface area contributed by atoms with Gasteiger partial charge in [0, 0.05) is 5.69 Å². The van der Waals surface area contributed by atoms with Gasteiger partial charge < -0.3 is 5.32 Å². The molecule has 0 bridgehead atoms. The third-order valence-electron chi connectivity index (χ3n) is 4.24. The van der Waals surface area contributed by atoms with Crippen molar-refractivity contribution in [3.63, 3.8) is 0 Å². The molecular weight excluding hydrogens is 348 g/mol. The fourth-order valence-electron chi connectivity index (χ4n) is 2.99. The summed E-state index contributed by atoms with van der Waals surface area (Å²) >= 11 is 0. The predicted molar refractivity (Wildman–Crippen MR) is 107 cm³/mol. The van der Waals surface area contributed by atoms with Crippen molar-refractivity contribution in [3.05, 3.63) is 59.7 Å². The first-order valence-corrected chi connectivity index (χ1v) is 10.6. The topological polar surface area (TPSA) is 66.5 Å². The number of hydrogen-bond acceptors (Lipinski definition) is 3. The van der Waals surface area contributed by atoms with E-state index in [2.05, 4.69) is 5.32 Å². The van der Waals surface area contributed by atoms with Crippen LogP contribution in [-0.2, 0) is 21.2 Å². The number of benzene rings is 2. The first kappa shape index (κ1) is 20.0. The lowest BCUT2D eigenvalue weighted by molar-refractivity contribution is -0.117. The van der Waals surface area contributed by atoms with Crippen LogP contribution >= 0.6 is 0 Å². The van der Waals surface area contributed by atoms with Crippen molar-refractivity contribution in [1.29, 1.82) is 0 Å². The molecule has 0 aliphatic rings. The summed E-state index contributed by atoms with van der Waals surface area (Å²) in [6.07, 6.45) is 2.27. The summed E-state index contributed by atoms with van der Waals surface area (Å²) in [4.78, 5) is 12.9. The second-order valence-electron chi connectivity index (χ2n) is 6.32. The molecule has 2 aromatic carbocycles. The van der Waals surface area contributed by atoms with Gasteiger partial charge in [0.1, 0.15) is 6.04 Å². The van der Waals surface area contributed by atoms with Gasteiger partial charge >= 0.3 is 0 Å². The average Bonchev–Trinajstić information content (AvgIpc) is 2.58. The van der Waals surface area contributed by atoms with Crippen LogP contribution in [0.4, 0.5) is 11.4 Å². The Hall–Kier alpha value is -2.34. The smallest absolute Gasteiger partial charge is 0.248 e. The number of aryl methyl sites for hydroxylation is 2. The molecule has 0 heterocycles. The molecule has 0 unspecified atom stereocenters. The molecule has 6 heteroatoms. The van der Waals surface area contributed by atoms with E-state index in [9.17, 15) is 13.2 Å². The van der Waals surface area contributed by atoms with Gasteiger partial charge in [-0.2, -0.15) is 0 Å². The highest BCUT2D eigenvalue weighted by Crippen LogP contribution is 2.25. The molecule has 0 radical (unpaired) electrons. The van der Waals surface area contributed by atoms with Gasteiger partial charge in [0.15, 0.2) is 0 Å². The summed E-state index contributed by atoms with van der Waals surface area (Å²) in [6.45, 7) is 5.71. The monoisotopic (exact) mass is 374 g/mol. The number of nitrogens with zero attached hydrogens (tertiary/aromatic N) is 1. The molecule has 0 spiro atoms. The minimum absolute atomic E-state index is 0.333. The number of sulfonamides is 1. The molecule has 2 aromatic rings. The first-order chi connectivity index (χ1) is 12.3. The highest BCUT2D eigenvalue weighted by Gasteiger charge is 2.31. The van der Waals surface area contributed by atoms with Crippen LogP contribution < -0.4 is 9.62 Å². The van der Waals surface area contributed by atoms with Crippen LogP contribution in [0.5, 0.6) is 0 Å². The van der Waals surface area contributed by atoms with Gasteiger partial charge in [-0.1, -0.05) is 44.2 Å². The molecule has 0 fully saturated rings. The van der Waals surface area contributed by atoms with Crippen LogP contribution in [0.3, 0.4) is 0 Å². The number of rotatable bonds is 7. The molecule has 140 valence electrons. The van der Waals surface area contributed by atoms with E-state index < -0.39 is 16.1 Å². The van der Waals surface area contributed by atoms with Gasteiger partial charge in [0.05, 0.1) is 11.9 Å². The third kappa shape index (κ3) is 4.64. The lowest BCUT2D eigenvalue weighted by Gasteiger charge is -2.30. The Bertz CT molecular complexity index is 878. The Balaban J connectivity index is 2.40. The summed E-state index contributed by atoms with van der Waals surface area (Å²) < 4.78 is 26.2. The first-order valence-electron chi connectivity index (χ1n) is 8.72. The van der Waals surface area contributed by atoms with E-state index in [1.807, 2.05) is 51.1 Å². The molecule has 5 nitrogen and oxygen atoms in total. The quantitative estimate of drug-likeness (QED) is 0.803. The number of anilines is 2. The SMILES string of the molecule is CCc1ccccc1NC(=O)[C@H](CC)N(c1cccc(C)c1)S(C)(=O)=O. The van der Waals surface area contributed by atoms with Gasteiger partial charge in [-0.05, 0) is 49.1 Å². The van der Waals surface area contributed by atoms with E-state index in [0.29, 0.717) is 12.1 Å². The minimum Gasteiger partial charge on any atom is -0.324 e. The summed E-state index contributed by atoms with van der Waals surface area (Å²) in [5.74, 6) is -0.333. The van der Waals surface area contributed by atoms with Crippen LogP contribution in [0.25, 0.3) is 0 Å². The lowest BCUT2D eigenvalue weighted by atomic mass is 10.1. The van der Waals surface area contributed by atoms with E-state index in [4.69, 9.17) is 0 Å². The Morgan fingerprint density at radius 1 is 1.12 bits per heavy atom. The summed E-state index contributed by atoms with van der Waals surface area (Å²) in [5.41, 5.74) is 3.16. The Morgan fingerprint density at radius 2 is 1.81 bits per heavy atom.